The van der Waals surface area contributed by atoms with Crippen molar-refractivity contribution in [3.05, 3.63) is 36.0 Å². The van der Waals surface area contributed by atoms with Gasteiger partial charge in [0.15, 0.2) is 0 Å². The van der Waals surface area contributed by atoms with Gasteiger partial charge in [-0.25, -0.2) is 4.79 Å². The molecule has 31 heavy (non-hydrogen) atoms. The number of benzene rings is 1. The Hall–Kier alpha value is -3.48. The first-order valence-corrected chi connectivity index (χ1v) is 9.39. The van der Waals surface area contributed by atoms with Crippen LogP contribution in [-0.2, 0) is 25.6 Å². The Morgan fingerprint density at radius 3 is 2.35 bits per heavy atom. The van der Waals surface area contributed by atoms with Crippen LogP contribution in [0.15, 0.2) is 30.5 Å². The summed E-state index contributed by atoms with van der Waals surface area (Å²) < 4.78 is 0. The molecule has 1 aromatic heterocycles. The monoisotopic (exact) mass is 435 g/mol. The fourth-order valence-electron chi connectivity index (χ4n) is 2.81. The van der Waals surface area contributed by atoms with Gasteiger partial charge in [0.25, 0.3) is 0 Å². The Bertz CT molecular complexity index is 945. The second-order valence-corrected chi connectivity index (χ2v) is 6.77. The van der Waals surface area contributed by atoms with E-state index in [0.29, 0.717) is 5.56 Å². The van der Waals surface area contributed by atoms with E-state index >= 15 is 0 Å². The zero-order chi connectivity index (χ0) is 23.0. The maximum Gasteiger partial charge on any atom is 0.326 e. The molecule has 0 bridgehead atoms. The molecule has 0 aliphatic rings. The molecule has 1 aromatic carbocycles. The molecular formula is C19H25N5O7. The molecule has 0 saturated carbocycles. The number of carbonyl (C=O) groups is 4. The van der Waals surface area contributed by atoms with Crippen molar-refractivity contribution in [2.24, 2.45) is 5.73 Å². The number of aliphatic hydroxyl groups excluding tert-OH is 2. The molecule has 12 heteroatoms. The quantitative estimate of drug-likeness (QED) is 0.184. The summed E-state index contributed by atoms with van der Waals surface area (Å²) in [6.07, 6.45) is 1.63. The number of aliphatic carboxylic acids is 1. The number of carboxylic acids is 1. The number of rotatable bonds is 11. The molecule has 0 spiro atoms. The lowest BCUT2D eigenvalue weighted by atomic mass is 10.0. The van der Waals surface area contributed by atoms with Gasteiger partial charge in [-0.1, -0.05) is 18.2 Å². The topological polar surface area (TPSA) is 207 Å². The highest BCUT2D eigenvalue weighted by Gasteiger charge is 2.27. The van der Waals surface area contributed by atoms with Crippen LogP contribution in [0, 0.1) is 0 Å². The highest BCUT2D eigenvalue weighted by atomic mass is 16.4. The number of nitrogens with one attached hydrogen (secondary N) is 4. The molecule has 3 amide bonds. The average Bonchev–Trinajstić information content (AvgIpc) is 3.17. The van der Waals surface area contributed by atoms with E-state index in [2.05, 4.69) is 20.9 Å². The Morgan fingerprint density at radius 1 is 1.00 bits per heavy atom. The third-order valence-corrected chi connectivity index (χ3v) is 4.50. The minimum atomic E-state index is -1.43. The lowest BCUT2D eigenvalue weighted by Gasteiger charge is -2.20. The summed E-state index contributed by atoms with van der Waals surface area (Å²) in [5.41, 5.74) is 6.79. The van der Waals surface area contributed by atoms with Gasteiger partial charge < -0.3 is 42.0 Å². The van der Waals surface area contributed by atoms with E-state index in [1.165, 1.54) is 0 Å². The summed E-state index contributed by atoms with van der Waals surface area (Å²) in [6.45, 7) is -1.95. The largest absolute Gasteiger partial charge is 0.480 e. The molecule has 168 valence electrons. The lowest BCUT2D eigenvalue weighted by Crippen LogP contribution is -2.55. The van der Waals surface area contributed by atoms with Gasteiger partial charge in [-0.2, -0.15) is 0 Å². The smallest absolute Gasteiger partial charge is 0.326 e. The van der Waals surface area contributed by atoms with Crippen LogP contribution in [0.1, 0.15) is 5.56 Å². The van der Waals surface area contributed by atoms with Gasteiger partial charge in [0.1, 0.15) is 18.1 Å². The SMILES string of the molecule is N[C@@H](CO)C(=O)NCC(=O)N[C@@H](CO)C(=O)N[C@@H](Cc1c[nH]c2ccccc12)C(=O)O. The van der Waals surface area contributed by atoms with Crippen LogP contribution in [0.4, 0.5) is 0 Å². The summed E-state index contributed by atoms with van der Waals surface area (Å²) in [5.74, 6) is -3.77. The number of fused-ring (bicyclic) bond motifs is 1. The molecule has 0 unspecified atom stereocenters. The number of aliphatic hydroxyl groups is 2. The molecule has 0 saturated heterocycles. The van der Waals surface area contributed by atoms with Gasteiger partial charge >= 0.3 is 5.97 Å². The van der Waals surface area contributed by atoms with Crippen molar-refractivity contribution in [1.82, 2.24) is 20.9 Å². The summed E-state index contributed by atoms with van der Waals surface area (Å²) >= 11 is 0. The highest BCUT2D eigenvalue weighted by molar-refractivity contribution is 5.93. The van der Waals surface area contributed by atoms with E-state index < -0.39 is 61.6 Å². The van der Waals surface area contributed by atoms with Crippen molar-refractivity contribution < 1.29 is 34.5 Å². The average molecular weight is 435 g/mol. The number of aromatic nitrogens is 1. The number of hydrogen-bond donors (Lipinski definition) is 8. The Kier molecular flexibility index (Phi) is 8.49. The van der Waals surface area contributed by atoms with Gasteiger partial charge in [0, 0.05) is 23.5 Å². The molecule has 3 atom stereocenters. The number of carbonyl (C=O) groups excluding carboxylic acids is 3. The molecule has 0 radical (unpaired) electrons. The first-order valence-electron chi connectivity index (χ1n) is 9.39. The van der Waals surface area contributed by atoms with Crippen LogP contribution in [0.5, 0.6) is 0 Å². The van der Waals surface area contributed by atoms with Crippen LogP contribution in [0.25, 0.3) is 10.9 Å². The van der Waals surface area contributed by atoms with Crippen molar-refractivity contribution in [3.63, 3.8) is 0 Å². The van der Waals surface area contributed by atoms with Gasteiger partial charge in [-0.05, 0) is 11.6 Å². The van der Waals surface area contributed by atoms with E-state index in [1.54, 1.807) is 12.3 Å². The number of amides is 3. The van der Waals surface area contributed by atoms with Gasteiger partial charge in [-0.15, -0.1) is 0 Å². The number of para-hydroxylation sites is 1. The molecular weight excluding hydrogens is 410 g/mol. The van der Waals surface area contributed by atoms with Crippen LogP contribution in [0.3, 0.4) is 0 Å². The van der Waals surface area contributed by atoms with Crippen LogP contribution in [0.2, 0.25) is 0 Å². The van der Waals surface area contributed by atoms with Crippen molar-refractivity contribution in [3.8, 4) is 0 Å². The van der Waals surface area contributed by atoms with E-state index in [0.717, 1.165) is 10.9 Å². The van der Waals surface area contributed by atoms with Crippen LogP contribution >= 0.6 is 0 Å². The van der Waals surface area contributed by atoms with E-state index in [-0.39, 0.29) is 6.42 Å². The minimum Gasteiger partial charge on any atom is -0.480 e. The molecule has 2 rings (SSSR count). The Labute approximate surface area is 176 Å². The first-order chi connectivity index (χ1) is 14.8. The fourth-order valence-corrected chi connectivity index (χ4v) is 2.81. The summed E-state index contributed by atoms with van der Waals surface area (Å²) in [4.78, 5) is 50.5. The zero-order valence-electron chi connectivity index (χ0n) is 16.5. The van der Waals surface area contributed by atoms with Crippen LogP contribution in [-0.4, -0.2) is 81.9 Å². The van der Waals surface area contributed by atoms with Crippen molar-refractivity contribution in [2.45, 2.75) is 24.5 Å². The maximum atomic E-state index is 12.4. The second-order valence-electron chi connectivity index (χ2n) is 6.77. The third kappa shape index (κ3) is 6.50. The minimum absolute atomic E-state index is 0.0215. The number of nitrogens with two attached hydrogens (primary N) is 1. The predicted molar refractivity (Wildman–Crippen MR) is 109 cm³/mol. The Balaban J connectivity index is 1.97. The maximum absolute atomic E-state index is 12.4. The summed E-state index contributed by atoms with van der Waals surface area (Å²) in [6, 6.07) is 3.34. The molecule has 12 nitrogen and oxygen atoms in total. The molecule has 0 aliphatic carbocycles. The zero-order valence-corrected chi connectivity index (χ0v) is 16.5. The van der Waals surface area contributed by atoms with Crippen LogP contribution < -0.4 is 21.7 Å². The standard InChI is InChI=1S/C19H25N5O7/c20-12(8-25)17(28)22-7-16(27)23-15(9-26)18(29)24-14(19(30)31)5-10-6-21-13-4-2-1-3-11(10)13/h1-4,6,12,14-15,21,25-26H,5,7-9,20H2,(H,22,28)(H,23,27)(H,24,29)(H,30,31)/t12-,14-,15-/m0/s1. The van der Waals surface area contributed by atoms with Crippen molar-refractivity contribution >= 4 is 34.6 Å². The second kappa shape index (κ2) is 11.1. The first kappa shape index (κ1) is 23.8. The number of carboxylic acid groups (broad SMARTS) is 1. The van der Waals surface area contributed by atoms with E-state index in [9.17, 15) is 29.4 Å². The Morgan fingerprint density at radius 2 is 1.71 bits per heavy atom. The predicted octanol–water partition coefficient (Wildman–Crippen LogP) is -2.81. The van der Waals surface area contributed by atoms with Gasteiger partial charge in [0.2, 0.25) is 17.7 Å². The van der Waals surface area contributed by atoms with Crippen molar-refractivity contribution in [1.29, 1.82) is 0 Å². The molecule has 9 N–H and O–H groups in total. The summed E-state index contributed by atoms with van der Waals surface area (Å²) in [5, 5.41) is 35.2. The van der Waals surface area contributed by atoms with Gasteiger partial charge in [-0.3, -0.25) is 14.4 Å². The number of aromatic amines is 1. The number of H-pyrrole nitrogens is 1. The van der Waals surface area contributed by atoms with Crippen molar-refractivity contribution in [2.75, 3.05) is 19.8 Å². The molecule has 2 aromatic rings. The lowest BCUT2D eigenvalue weighted by molar-refractivity contribution is -0.142. The van der Waals surface area contributed by atoms with Gasteiger partial charge in [0.05, 0.1) is 19.8 Å². The molecule has 0 fully saturated rings. The number of hydrogen-bond acceptors (Lipinski definition) is 7. The highest BCUT2D eigenvalue weighted by Crippen LogP contribution is 2.19. The third-order valence-electron chi connectivity index (χ3n) is 4.50. The molecule has 1 heterocycles. The van der Waals surface area contributed by atoms with E-state index in [1.807, 2.05) is 18.2 Å². The van der Waals surface area contributed by atoms with E-state index in [4.69, 9.17) is 10.8 Å². The summed E-state index contributed by atoms with van der Waals surface area (Å²) in [7, 11) is 0. The normalized spacial score (nSPS) is 13.8. The fraction of sp³-hybridized carbons (Fsp3) is 0.368. The molecule has 0 aliphatic heterocycles.